The quantitative estimate of drug-likeness (QED) is 0.624. The summed E-state index contributed by atoms with van der Waals surface area (Å²) >= 11 is 0. The van der Waals surface area contributed by atoms with E-state index in [9.17, 15) is 9.59 Å². The lowest BCUT2D eigenvalue weighted by Gasteiger charge is -1.98. The Morgan fingerprint density at radius 3 is 2.88 bits per heavy atom. The monoisotopic (exact) mass is 230 g/mol. The van der Waals surface area contributed by atoms with Crippen LogP contribution in [0.25, 0.3) is 16.6 Å². The lowest BCUT2D eigenvalue weighted by molar-refractivity contribution is 0.0692. The molecule has 2 aromatic heterocycles. The first kappa shape index (κ1) is 9.52. The minimum atomic E-state index is -1.23. The molecule has 7 heteroatoms. The van der Waals surface area contributed by atoms with Gasteiger partial charge in [-0.05, 0) is 12.1 Å². The predicted molar refractivity (Wildman–Crippen MR) is 58.1 cm³/mol. The minimum absolute atomic E-state index is 0.0150. The summed E-state index contributed by atoms with van der Waals surface area (Å²) in [6.07, 6.45) is 0. The first-order valence-electron chi connectivity index (χ1n) is 4.77. The van der Waals surface area contributed by atoms with Crippen molar-refractivity contribution in [3.63, 3.8) is 0 Å². The molecule has 0 amide bonds. The average molecular weight is 230 g/mol. The van der Waals surface area contributed by atoms with E-state index in [0.29, 0.717) is 10.9 Å². The normalized spacial score (nSPS) is 11.1. The van der Waals surface area contributed by atoms with Gasteiger partial charge in [0.1, 0.15) is 0 Å². The fraction of sp³-hybridized carbons (Fsp3) is 0. The number of aromatic nitrogens is 4. The summed E-state index contributed by atoms with van der Waals surface area (Å²) < 4.78 is 1.38. The minimum Gasteiger partial charge on any atom is -0.476 e. The van der Waals surface area contributed by atoms with Crippen LogP contribution in [-0.2, 0) is 0 Å². The van der Waals surface area contributed by atoms with E-state index in [1.54, 1.807) is 24.3 Å². The highest BCUT2D eigenvalue weighted by Crippen LogP contribution is 2.11. The second-order valence-electron chi connectivity index (χ2n) is 3.46. The van der Waals surface area contributed by atoms with Gasteiger partial charge < -0.3 is 5.11 Å². The molecule has 0 aliphatic heterocycles. The van der Waals surface area contributed by atoms with Crippen molar-refractivity contribution in [3.8, 4) is 0 Å². The molecule has 0 atom stereocenters. The number of hydrogen-bond donors (Lipinski definition) is 2. The van der Waals surface area contributed by atoms with Gasteiger partial charge in [0, 0.05) is 0 Å². The molecule has 1 aromatic carbocycles. The van der Waals surface area contributed by atoms with E-state index in [4.69, 9.17) is 5.11 Å². The van der Waals surface area contributed by atoms with Crippen molar-refractivity contribution in [2.45, 2.75) is 0 Å². The van der Waals surface area contributed by atoms with Gasteiger partial charge in [-0.3, -0.25) is 4.79 Å². The van der Waals surface area contributed by atoms with Crippen LogP contribution in [0.4, 0.5) is 0 Å². The largest absolute Gasteiger partial charge is 0.476 e. The topological polar surface area (TPSA) is 100 Å². The van der Waals surface area contributed by atoms with Gasteiger partial charge in [-0.1, -0.05) is 12.1 Å². The smallest absolute Gasteiger partial charge is 0.360 e. The zero-order valence-corrected chi connectivity index (χ0v) is 8.41. The van der Waals surface area contributed by atoms with Crippen LogP contribution < -0.4 is 5.56 Å². The number of fused-ring (bicyclic) bond motifs is 3. The second-order valence-corrected chi connectivity index (χ2v) is 3.46. The number of carboxylic acids is 1. The Hall–Kier alpha value is -2.70. The van der Waals surface area contributed by atoms with E-state index in [1.165, 1.54) is 4.52 Å². The fourth-order valence-electron chi connectivity index (χ4n) is 1.72. The van der Waals surface area contributed by atoms with Gasteiger partial charge in [-0.2, -0.15) is 4.98 Å². The fourth-order valence-corrected chi connectivity index (χ4v) is 1.72. The Labute approximate surface area is 93.3 Å². The Morgan fingerprint density at radius 1 is 1.35 bits per heavy atom. The van der Waals surface area contributed by atoms with Crippen molar-refractivity contribution in [1.29, 1.82) is 0 Å². The van der Waals surface area contributed by atoms with Crippen LogP contribution in [0, 0.1) is 0 Å². The second kappa shape index (κ2) is 3.14. The van der Waals surface area contributed by atoms with E-state index in [1.807, 2.05) is 0 Å². The number of aromatic carboxylic acids is 1. The number of rotatable bonds is 1. The number of para-hydroxylation sites is 1. The van der Waals surface area contributed by atoms with Gasteiger partial charge in [0.25, 0.3) is 5.56 Å². The molecule has 2 N–H and O–H groups in total. The van der Waals surface area contributed by atoms with E-state index in [-0.39, 0.29) is 11.3 Å². The van der Waals surface area contributed by atoms with Gasteiger partial charge in [-0.25, -0.2) is 14.5 Å². The first-order chi connectivity index (χ1) is 8.18. The molecule has 0 aliphatic carbocycles. The van der Waals surface area contributed by atoms with Crippen molar-refractivity contribution in [2.75, 3.05) is 0 Å². The van der Waals surface area contributed by atoms with Crippen LogP contribution in [-0.4, -0.2) is 30.9 Å². The average Bonchev–Trinajstić information content (AvgIpc) is 2.73. The number of hydrogen-bond acceptors (Lipinski definition) is 4. The highest BCUT2D eigenvalue weighted by atomic mass is 16.4. The third kappa shape index (κ3) is 1.22. The Kier molecular flexibility index (Phi) is 1.76. The van der Waals surface area contributed by atoms with Gasteiger partial charge in [0.15, 0.2) is 5.65 Å². The zero-order valence-electron chi connectivity index (χ0n) is 8.41. The standard InChI is InChI=1S/C10H6N4O3/c15-9-5-3-1-2-4-6(5)14-8(11-9)7(10(16)17)12-13-14/h1-4,13H,(H,16,17). The Morgan fingerprint density at radius 2 is 2.12 bits per heavy atom. The molecule has 3 aromatic rings. The maximum atomic E-state index is 11.7. The molecule has 0 aliphatic rings. The Balaban J connectivity index is 2.59. The zero-order chi connectivity index (χ0) is 12.0. The molecule has 0 saturated carbocycles. The number of nitrogens with zero attached hydrogens (tertiary/aromatic N) is 3. The number of aromatic amines is 1. The molecular formula is C10H6N4O3. The molecule has 84 valence electrons. The van der Waals surface area contributed by atoms with Crippen molar-refractivity contribution in [2.24, 2.45) is 0 Å². The molecule has 17 heavy (non-hydrogen) atoms. The Bertz CT molecular complexity index is 802. The number of benzene rings is 1. The molecule has 0 spiro atoms. The van der Waals surface area contributed by atoms with E-state index >= 15 is 0 Å². The number of carbonyl (C=O) groups is 1. The van der Waals surface area contributed by atoms with E-state index < -0.39 is 11.5 Å². The van der Waals surface area contributed by atoms with Crippen LogP contribution in [0.1, 0.15) is 10.5 Å². The van der Waals surface area contributed by atoms with Crippen LogP contribution in [0.15, 0.2) is 29.1 Å². The van der Waals surface area contributed by atoms with Crippen LogP contribution >= 0.6 is 0 Å². The SMILES string of the molecule is O=C(O)c1n[nH]n2c1nc(=O)c1ccccc12. The molecule has 0 saturated heterocycles. The third-order valence-corrected chi connectivity index (χ3v) is 2.47. The van der Waals surface area contributed by atoms with Crippen molar-refractivity contribution < 1.29 is 9.90 Å². The number of nitrogens with one attached hydrogen (secondary N) is 1. The van der Waals surface area contributed by atoms with Gasteiger partial charge in [0.2, 0.25) is 5.69 Å². The van der Waals surface area contributed by atoms with Crippen LogP contribution in [0.3, 0.4) is 0 Å². The van der Waals surface area contributed by atoms with Crippen LogP contribution in [0.2, 0.25) is 0 Å². The maximum absolute atomic E-state index is 11.7. The van der Waals surface area contributed by atoms with Crippen molar-refractivity contribution in [3.05, 3.63) is 40.3 Å². The molecule has 0 fully saturated rings. The summed E-state index contributed by atoms with van der Waals surface area (Å²) in [5, 5.41) is 15.5. The lowest BCUT2D eigenvalue weighted by Crippen LogP contribution is -2.11. The highest BCUT2D eigenvalue weighted by molar-refractivity contribution is 5.93. The van der Waals surface area contributed by atoms with Gasteiger partial charge in [0.05, 0.1) is 10.9 Å². The van der Waals surface area contributed by atoms with Gasteiger partial charge in [-0.15, -0.1) is 5.10 Å². The van der Waals surface area contributed by atoms with Crippen molar-refractivity contribution >= 4 is 22.5 Å². The summed E-state index contributed by atoms with van der Waals surface area (Å²) in [4.78, 5) is 26.3. The van der Waals surface area contributed by atoms with Crippen molar-refractivity contribution in [1.82, 2.24) is 19.8 Å². The molecule has 2 heterocycles. The molecule has 7 nitrogen and oxygen atoms in total. The number of H-pyrrole nitrogens is 1. The summed E-state index contributed by atoms with van der Waals surface area (Å²) in [5.74, 6) is -1.23. The summed E-state index contributed by atoms with van der Waals surface area (Å²) in [6, 6.07) is 6.77. The predicted octanol–water partition coefficient (Wildman–Crippen LogP) is 0.269. The maximum Gasteiger partial charge on any atom is 0.360 e. The summed E-state index contributed by atoms with van der Waals surface area (Å²) in [5.41, 5.74) is -0.180. The summed E-state index contributed by atoms with van der Waals surface area (Å²) in [7, 11) is 0. The molecule has 3 rings (SSSR count). The molecular weight excluding hydrogens is 224 g/mol. The van der Waals surface area contributed by atoms with E-state index in [2.05, 4.69) is 15.3 Å². The molecule has 0 unspecified atom stereocenters. The van der Waals surface area contributed by atoms with E-state index in [0.717, 1.165) is 0 Å². The van der Waals surface area contributed by atoms with Crippen LogP contribution in [0.5, 0.6) is 0 Å². The molecule has 0 bridgehead atoms. The first-order valence-corrected chi connectivity index (χ1v) is 4.77. The highest BCUT2D eigenvalue weighted by Gasteiger charge is 2.16. The van der Waals surface area contributed by atoms with Gasteiger partial charge >= 0.3 is 5.97 Å². The molecule has 0 radical (unpaired) electrons. The lowest BCUT2D eigenvalue weighted by atomic mass is 10.2. The number of carboxylic acid groups (broad SMARTS) is 1. The summed E-state index contributed by atoms with van der Waals surface area (Å²) in [6.45, 7) is 0. The third-order valence-electron chi connectivity index (χ3n) is 2.47.